The average molecular weight is 511 g/mol. The topological polar surface area (TPSA) is 27.7 Å². The van der Waals surface area contributed by atoms with Crippen LogP contribution in [0.15, 0.2) is 24.3 Å². The average Bonchev–Trinajstić information content (AvgIpc) is 2.88. The van der Waals surface area contributed by atoms with Crippen molar-refractivity contribution in [2.75, 3.05) is 19.8 Å². The molecule has 0 fully saturated rings. The molecular weight excluding hydrogens is 456 g/mol. The summed E-state index contributed by atoms with van der Waals surface area (Å²) in [4.78, 5) is 0. The fraction of sp³-hybridized carbons (Fsp3) is 0.806. The van der Waals surface area contributed by atoms with Crippen LogP contribution in [0.2, 0.25) is 0 Å². The van der Waals surface area contributed by atoms with E-state index in [9.17, 15) is 0 Å². The van der Waals surface area contributed by atoms with E-state index in [1.165, 1.54) is 49.7 Å². The van der Waals surface area contributed by atoms with Gasteiger partial charge in [0.15, 0.2) is 0 Å². The second-order valence-corrected chi connectivity index (χ2v) is 10.2. The van der Waals surface area contributed by atoms with Crippen molar-refractivity contribution in [3.8, 4) is 0 Å². The molecule has 0 bridgehead atoms. The summed E-state index contributed by atoms with van der Waals surface area (Å²) >= 11 is 6.11. The van der Waals surface area contributed by atoms with E-state index in [4.69, 9.17) is 25.8 Å². The van der Waals surface area contributed by atoms with E-state index >= 15 is 0 Å². The molecule has 0 spiro atoms. The lowest BCUT2D eigenvalue weighted by atomic mass is 9.90. The van der Waals surface area contributed by atoms with Gasteiger partial charge in [0.25, 0.3) is 5.97 Å². The molecular formula is C31H55ClO3. The molecule has 1 rings (SSSR count). The van der Waals surface area contributed by atoms with Crippen LogP contribution in [0.3, 0.4) is 0 Å². The summed E-state index contributed by atoms with van der Waals surface area (Å²) in [7, 11) is 0. The van der Waals surface area contributed by atoms with E-state index in [1.807, 2.05) is 0 Å². The molecule has 1 atom stereocenters. The molecule has 4 heteroatoms. The summed E-state index contributed by atoms with van der Waals surface area (Å²) in [6, 6.07) is 8.68. The molecule has 204 valence electrons. The van der Waals surface area contributed by atoms with Gasteiger partial charge >= 0.3 is 0 Å². The second kappa shape index (κ2) is 21.5. The van der Waals surface area contributed by atoms with Crippen LogP contribution in [0.1, 0.15) is 129 Å². The molecule has 0 aliphatic rings. The Balaban J connectivity index is 3.07. The first kappa shape index (κ1) is 32.4. The Labute approximate surface area is 222 Å². The molecule has 0 N–H and O–H groups in total. The lowest BCUT2D eigenvalue weighted by Gasteiger charge is -2.40. The van der Waals surface area contributed by atoms with Crippen molar-refractivity contribution in [1.82, 2.24) is 0 Å². The highest BCUT2D eigenvalue weighted by atomic mass is 35.5. The number of hydrogen-bond acceptors (Lipinski definition) is 3. The van der Waals surface area contributed by atoms with E-state index in [1.54, 1.807) is 0 Å². The van der Waals surface area contributed by atoms with Crippen LogP contribution in [-0.4, -0.2) is 25.8 Å². The molecule has 1 aromatic carbocycles. The van der Waals surface area contributed by atoms with Crippen LogP contribution < -0.4 is 0 Å². The van der Waals surface area contributed by atoms with Crippen LogP contribution in [0.25, 0.3) is 0 Å². The van der Waals surface area contributed by atoms with Crippen LogP contribution in [0.5, 0.6) is 0 Å². The Hall–Kier alpha value is -0.610. The summed E-state index contributed by atoms with van der Waals surface area (Å²) < 4.78 is 19.8. The van der Waals surface area contributed by atoms with Gasteiger partial charge in [-0.25, -0.2) is 0 Å². The van der Waals surface area contributed by atoms with Gasteiger partial charge in [-0.2, -0.15) is 0 Å². The molecule has 0 saturated carbocycles. The largest absolute Gasteiger partial charge is 0.327 e. The molecule has 35 heavy (non-hydrogen) atoms. The molecule has 0 radical (unpaired) electrons. The van der Waals surface area contributed by atoms with Gasteiger partial charge in [0.1, 0.15) is 0 Å². The van der Waals surface area contributed by atoms with Crippen molar-refractivity contribution in [2.45, 2.75) is 136 Å². The third-order valence-electron chi connectivity index (χ3n) is 6.74. The SMILES string of the molecule is CCCCCCCCC(CCc1cccc(CCl)c1)C(OCCCC)(OCCCC)OCCCC. The number of aryl methyl sites for hydroxylation is 1. The van der Waals surface area contributed by atoms with Gasteiger partial charge in [-0.3, -0.25) is 0 Å². The second-order valence-electron chi connectivity index (χ2n) is 9.96. The zero-order valence-electron chi connectivity index (χ0n) is 23.4. The standard InChI is InChI=1S/C31H55ClO3/c1-5-9-13-14-15-16-20-30(22-21-28-18-17-19-29(26-28)27-32)31(33-23-10-6-2,34-24-11-7-3)35-25-12-8-4/h17-19,26,30H,5-16,20-25,27H2,1-4H3. The third kappa shape index (κ3) is 14.1. The van der Waals surface area contributed by atoms with E-state index in [0.717, 1.165) is 57.8 Å². The minimum Gasteiger partial charge on any atom is -0.327 e. The highest BCUT2D eigenvalue weighted by Gasteiger charge is 2.42. The monoisotopic (exact) mass is 510 g/mol. The molecule has 1 aromatic rings. The molecule has 0 aliphatic carbocycles. The Morgan fingerprint density at radius 3 is 1.71 bits per heavy atom. The predicted octanol–water partition coefficient (Wildman–Crippen LogP) is 9.83. The molecule has 0 heterocycles. The van der Waals surface area contributed by atoms with Crippen molar-refractivity contribution in [3.05, 3.63) is 35.4 Å². The molecule has 0 saturated heterocycles. The van der Waals surface area contributed by atoms with Crippen molar-refractivity contribution < 1.29 is 14.2 Å². The fourth-order valence-corrected chi connectivity index (χ4v) is 4.60. The lowest BCUT2D eigenvalue weighted by molar-refractivity contribution is -0.407. The Morgan fingerprint density at radius 2 is 1.17 bits per heavy atom. The first-order valence-electron chi connectivity index (χ1n) is 14.7. The molecule has 0 aliphatic heterocycles. The van der Waals surface area contributed by atoms with Gasteiger partial charge in [0.2, 0.25) is 0 Å². The number of benzene rings is 1. The smallest absolute Gasteiger partial charge is 0.285 e. The number of halogens is 1. The van der Waals surface area contributed by atoms with E-state index in [-0.39, 0.29) is 5.92 Å². The first-order chi connectivity index (χ1) is 17.2. The van der Waals surface area contributed by atoms with Crippen molar-refractivity contribution in [3.63, 3.8) is 0 Å². The number of alkyl halides is 1. The van der Waals surface area contributed by atoms with Crippen LogP contribution in [0, 0.1) is 5.92 Å². The highest BCUT2D eigenvalue weighted by molar-refractivity contribution is 6.17. The van der Waals surface area contributed by atoms with E-state index < -0.39 is 5.97 Å². The maximum Gasteiger partial charge on any atom is 0.285 e. The zero-order valence-corrected chi connectivity index (χ0v) is 24.2. The number of rotatable bonds is 24. The van der Waals surface area contributed by atoms with Gasteiger partial charge in [-0.15, -0.1) is 11.6 Å². The summed E-state index contributed by atoms with van der Waals surface area (Å²) in [5, 5.41) is 0. The van der Waals surface area contributed by atoms with Gasteiger partial charge < -0.3 is 14.2 Å². The number of unbranched alkanes of at least 4 members (excludes halogenated alkanes) is 8. The van der Waals surface area contributed by atoms with Crippen LogP contribution in [-0.2, 0) is 26.5 Å². The molecule has 3 nitrogen and oxygen atoms in total. The Kier molecular flexibility index (Phi) is 19.9. The summed E-state index contributed by atoms with van der Waals surface area (Å²) in [6.45, 7) is 10.9. The predicted molar refractivity (Wildman–Crippen MR) is 151 cm³/mol. The van der Waals surface area contributed by atoms with E-state index in [0.29, 0.717) is 25.7 Å². The highest BCUT2D eigenvalue weighted by Crippen LogP contribution is 2.35. The van der Waals surface area contributed by atoms with Crippen molar-refractivity contribution in [1.29, 1.82) is 0 Å². The van der Waals surface area contributed by atoms with Crippen molar-refractivity contribution >= 4 is 11.6 Å². The van der Waals surface area contributed by atoms with Crippen LogP contribution >= 0.6 is 11.6 Å². The van der Waals surface area contributed by atoms with Gasteiger partial charge in [0, 0.05) is 11.8 Å². The normalized spacial score (nSPS) is 12.8. The zero-order chi connectivity index (χ0) is 25.6. The van der Waals surface area contributed by atoms with Gasteiger partial charge in [-0.1, -0.05) is 110 Å². The quantitative estimate of drug-likeness (QED) is 0.0786. The summed E-state index contributed by atoms with van der Waals surface area (Å²) in [5.74, 6) is -0.175. The lowest BCUT2D eigenvalue weighted by Crippen LogP contribution is -2.47. The Morgan fingerprint density at radius 1 is 0.657 bits per heavy atom. The van der Waals surface area contributed by atoms with E-state index in [2.05, 4.69) is 52.0 Å². The maximum absolute atomic E-state index is 6.59. The molecule has 0 aromatic heterocycles. The molecule has 1 unspecified atom stereocenters. The fourth-order valence-electron chi connectivity index (χ4n) is 4.43. The summed E-state index contributed by atoms with van der Waals surface area (Å²) in [5.41, 5.74) is 2.51. The van der Waals surface area contributed by atoms with Crippen molar-refractivity contribution in [2.24, 2.45) is 5.92 Å². The Bertz CT molecular complexity index is 580. The minimum absolute atomic E-state index is 0.207. The number of hydrogen-bond donors (Lipinski definition) is 0. The first-order valence-corrected chi connectivity index (χ1v) is 15.2. The third-order valence-corrected chi connectivity index (χ3v) is 7.05. The summed E-state index contributed by atoms with van der Waals surface area (Å²) in [6.07, 6.45) is 17.2. The maximum atomic E-state index is 6.59. The van der Waals surface area contributed by atoms with Crippen LogP contribution in [0.4, 0.5) is 0 Å². The van der Waals surface area contributed by atoms with Gasteiger partial charge in [-0.05, 0) is 49.7 Å². The molecule has 0 amide bonds. The number of ether oxygens (including phenoxy) is 3. The van der Waals surface area contributed by atoms with Gasteiger partial charge in [0.05, 0.1) is 19.8 Å². The minimum atomic E-state index is -0.937.